The quantitative estimate of drug-likeness (QED) is 0.728. The van der Waals surface area contributed by atoms with Crippen molar-refractivity contribution in [1.82, 2.24) is 4.57 Å². The molecule has 0 aliphatic rings. The minimum Gasteiger partial charge on any atom is -0.347 e. The Morgan fingerprint density at radius 3 is 2.93 bits per heavy atom. The van der Waals surface area contributed by atoms with Crippen LogP contribution < -0.4 is 0 Å². The normalized spacial score (nSPS) is 10.4. The number of rotatable bonds is 3. The standard InChI is InChI=1S/C12H11ClN2/c13-5-1-6-15-7-4-11-8-10(9-14)2-3-12(11)15/h2-4,7-8H,1,5-6H2. The first-order valence-corrected chi connectivity index (χ1v) is 5.43. The fourth-order valence-electron chi connectivity index (χ4n) is 1.69. The van der Waals surface area contributed by atoms with Crippen molar-refractivity contribution in [1.29, 1.82) is 5.26 Å². The second-order valence-corrected chi connectivity index (χ2v) is 3.82. The van der Waals surface area contributed by atoms with Gasteiger partial charge in [0.15, 0.2) is 0 Å². The van der Waals surface area contributed by atoms with E-state index in [0.717, 1.165) is 18.4 Å². The van der Waals surface area contributed by atoms with Gasteiger partial charge in [0.05, 0.1) is 11.6 Å². The maximum absolute atomic E-state index is 8.77. The summed E-state index contributed by atoms with van der Waals surface area (Å²) in [7, 11) is 0. The lowest BCUT2D eigenvalue weighted by Crippen LogP contribution is -1.96. The van der Waals surface area contributed by atoms with E-state index < -0.39 is 0 Å². The number of benzene rings is 1. The highest BCUT2D eigenvalue weighted by atomic mass is 35.5. The minimum atomic E-state index is 0.677. The zero-order valence-corrected chi connectivity index (χ0v) is 9.04. The van der Waals surface area contributed by atoms with Gasteiger partial charge in [-0.3, -0.25) is 0 Å². The summed E-state index contributed by atoms with van der Waals surface area (Å²) in [5.41, 5.74) is 1.87. The maximum Gasteiger partial charge on any atom is 0.0991 e. The van der Waals surface area contributed by atoms with E-state index in [1.807, 2.05) is 30.5 Å². The molecule has 2 rings (SSSR count). The average Bonchev–Trinajstić information content (AvgIpc) is 2.68. The summed E-state index contributed by atoms with van der Waals surface area (Å²) in [4.78, 5) is 0. The molecule has 0 aliphatic heterocycles. The molecule has 76 valence electrons. The summed E-state index contributed by atoms with van der Waals surface area (Å²) in [6, 6.07) is 9.92. The highest BCUT2D eigenvalue weighted by Gasteiger charge is 2.01. The fraction of sp³-hybridized carbons (Fsp3) is 0.250. The van der Waals surface area contributed by atoms with Crippen molar-refractivity contribution < 1.29 is 0 Å². The summed E-state index contributed by atoms with van der Waals surface area (Å²) >= 11 is 5.66. The molecule has 0 saturated heterocycles. The molecular formula is C12H11ClN2. The Balaban J connectivity index is 2.39. The van der Waals surface area contributed by atoms with Gasteiger partial charge in [-0.05, 0) is 30.7 Å². The number of hydrogen-bond donors (Lipinski definition) is 0. The summed E-state index contributed by atoms with van der Waals surface area (Å²) in [6.07, 6.45) is 3.00. The fourth-order valence-corrected chi connectivity index (χ4v) is 1.81. The van der Waals surface area contributed by atoms with Crippen LogP contribution in [0, 0.1) is 11.3 Å². The van der Waals surface area contributed by atoms with Crippen molar-refractivity contribution in [3.8, 4) is 6.07 Å². The third-order valence-corrected chi connectivity index (χ3v) is 2.70. The van der Waals surface area contributed by atoms with Crippen molar-refractivity contribution in [3.63, 3.8) is 0 Å². The number of nitrogens with zero attached hydrogens (tertiary/aromatic N) is 2. The van der Waals surface area contributed by atoms with Gasteiger partial charge in [-0.15, -0.1) is 11.6 Å². The lowest BCUT2D eigenvalue weighted by Gasteiger charge is -2.03. The van der Waals surface area contributed by atoms with Crippen LogP contribution in [-0.4, -0.2) is 10.4 Å². The van der Waals surface area contributed by atoms with E-state index in [2.05, 4.69) is 10.6 Å². The molecule has 0 N–H and O–H groups in total. The van der Waals surface area contributed by atoms with Gasteiger partial charge in [-0.1, -0.05) is 0 Å². The largest absolute Gasteiger partial charge is 0.347 e. The third kappa shape index (κ3) is 1.98. The molecule has 1 heterocycles. The molecule has 2 aromatic rings. The number of aromatic nitrogens is 1. The van der Waals surface area contributed by atoms with Crippen molar-refractivity contribution in [2.24, 2.45) is 0 Å². The van der Waals surface area contributed by atoms with Crippen LogP contribution in [0.25, 0.3) is 10.9 Å². The van der Waals surface area contributed by atoms with Crippen LogP contribution in [-0.2, 0) is 6.54 Å². The van der Waals surface area contributed by atoms with Gasteiger partial charge < -0.3 is 4.57 Å². The van der Waals surface area contributed by atoms with Crippen LogP contribution in [0.15, 0.2) is 30.5 Å². The van der Waals surface area contributed by atoms with Crippen LogP contribution in [0.1, 0.15) is 12.0 Å². The van der Waals surface area contributed by atoms with Gasteiger partial charge in [0.25, 0.3) is 0 Å². The summed E-state index contributed by atoms with van der Waals surface area (Å²) in [6.45, 7) is 0.929. The molecule has 2 nitrogen and oxygen atoms in total. The molecule has 0 aliphatic carbocycles. The number of nitriles is 1. The number of aryl methyl sites for hydroxylation is 1. The predicted octanol–water partition coefficient (Wildman–Crippen LogP) is 3.14. The zero-order chi connectivity index (χ0) is 10.7. The van der Waals surface area contributed by atoms with Crippen molar-refractivity contribution in [3.05, 3.63) is 36.0 Å². The predicted molar refractivity (Wildman–Crippen MR) is 62.0 cm³/mol. The lowest BCUT2D eigenvalue weighted by molar-refractivity contribution is 0.707. The van der Waals surface area contributed by atoms with Gasteiger partial charge >= 0.3 is 0 Å². The highest BCUT2D eigenvalue weighted by molar-refractivity contribution is 6.17. The third-order valence-electron chi connectivity index (χ3n) is 2.43. The highest BCUT2D eigenvalue weighted by Crippen LogP contribution is 2.17. The number of alkyl halides is 1. The molecule has 0 fully saturated rings. The van der Waals surface area contributed by atoms with Crippen molar-refractivity contribution in [2.75, 3.05) is 5.88 Å². The molecule has 0 atom stereocenters. The Hall–Kier alpha value is -1.46. The van der Waals surface area contributed by atoms with E-state index in [9.17, 15) is 0 Å². The van der Waals surface area contributed by atoms with Crippen LogP contribution in [0.4, 0.5) is 0 Å². The van der Waals surface area contributed by atoms with E-state index >= 15 is 0 Å². The molecule has 0 amide bonds. The molecule has 0 unspecified atom stereocenters. The first-order valence-electron chi connectivity index (χ1n) is 4.90. The number of halogens is 1. The maximum atomic E-state index is 8.77. The van der Waals surface area contributed by atoms with E-state index in [4.69, 9.17) is 16.9 Å². The Morgan fingerprint density at radius 1 is 1.33 bits per heavy atom. The van der Waals surface area contributed by atoms with Gasteiger partial charge in [0.1, 0.15) is 0 Å². The zero-order valence-electron chi connectivity index (χ0n) is 8.28. The van der Waals surface area contributed by atoms with Crippen LogP contribution in [0.2, 0.25) is 0 Å². The molecule has 1 aromatic carbocycles. The van der Waals surface area contributed by atoms with E-state index in [0.29, 0.717) is 11.4 Å². The van der Waals surface area contributed by atoms with Crippen LogP contribution in [0.5, 0.6) is 0 Å². The Bertz CT molecular complexity index is 508. The van der Waals surface area contributed by atoms with Crippen molar-refractivity contribution >= 4 is 22.5 Å². The molecule has 0 bridgehead atoms. The molecule has 0 saturated carbocycles. The summed E-state index contributed by atoms with van der Waals surface area (Å²) in [5.74, 6) is 0.677. The average molecular weight is 219 g/mol. The Labute approximate surface area is 93.7 Å². The monoisotopic (exact) mass is 218 g/mol. The molecule has 1 aromatic heterocycles. The van der Waals surface area contributed by atoms with E-state index in [-0.39, 0.29) is 0 Å². The Morgan fingerprint density at radius 2 is 2.20 bits per heavy atom. The Kier molecular flexibility index (Phi) is 2.94. The molecule has 0 radical (unpaired) electrons. The number of hydrogen-bond acceptors (Lipinski definition) is 1. The first-order chi connectivity index (χ1) is 7.35. The summed E-state index contributed by atoms with van der Waals surface area (Å²) in [5, 5.41) is 9.89. The van der Waals surface area contributed by atoms with E-state index in [1.165, 1.54) is 5.52 Å². The molecular weight excluding hydrogens is 208 g/mol. The van der Waals surface area contributed by atoms with E-state index in [1.54, 1.807) is 0 Å². The smallest absolute Gasteiger partial charge is 0.0991 e. The SMILES string of the molecule is N#Cc1ccc2c(ccn2CCCCl)c1. The van der Waals surface area contributed by atoms with Gasteiger partial charge in [0.2, 0.25) is 0 Å². The van der Waals surface area contributed by atoms with Gasteiger partial charge in [-0.25, -0.2) is 0 Å². The van der Waals surface area contributed by atoms with Gasteiger partial charge in [0, 0.05) is 29.5 Å². The molecule has 15 heavy (non-hydrogen) atoms. The lowest BCUT2D eigenvalue weighted by atomic mass is 10.2. The van der Waals surface area contributed by atoms with Crippen LogP contribution >= 0.6 is 11.6 Å². The van der Waals surface area contributed by atoms with Crippen molar-refractivity contribution in [2.45, 2.75) is 13.0 Å². The number of fused-ring (bicyclic) bond motifs is 1. The summed E-state index contributed by atoms with van der Waals surface area (Å²) < 4.78 is 2.17. The molecule has 3 heteroatoms. The first kappa shape index (κ1) is 10.1. The minimum absolute atomic E-state index is 0.677. The second-order valence-electron chi connectivity index (χ2n) is 3.44. The van der Waals surface area contributed by atoms with Gasteiger partial charge in [-0.2, -0.15) is 5.26 Å². The second kappa shape index (κ2) is 4.37. The molecule has 0 spiro atoms. The van der Waals surface area contributed by atoms with Crippen LogP contribution in [0.3, 0.4) is 0 Å². The topological polar surface area (TPSA) is 28.7 Å².